The lowest BCUT2D eigenvalue weighted by Gasteiger charge is -2.36. The Bertz CT molecular complexity index is 640. The number of carboxylic acid groups (broad SMARTS) is 1. The van der Waals surface area contributed by atoms with E-state index in [0.717, 1.165) is 0 Å². The van der Waals surface area contributed by atoms with Crippen molar-refractivity contribution >= 4 is 29.3 Å². The number of methoxy groups -OCH3 is 2. The zero-order valence-electron chi connectivity index (χ0n) is 13.4. The van der Waals surface area contributed by atoms with Crippen LogP contribution in [-0.4, -0.2) is 61.5 Å². The van der Waals surface area contributed by atoms with Crippen molar-refractivity contribution in [2.24, 2.45) is 0 Å². The highest BCUT2D eigenvalue weighted by Crippen LogP contribution is 2.29. The van der Waals surface area contributed by atoms with Crippen LogP contribution in [0.3, 0.4) is 0 Å². The number of likely N-dealkylation sites (tertiary alicyclic amines) is 1. The monoisotopic (exact) mass is 357 g/mol. The van der Waals surface area contributed by atoms with Gasteiger partial charge in [0.15, 0.2) is 0 Å². The van der Waals surface area contributed by atoms with Gasteiger partial charge in [0.1, 0.15) is 5.75 Å². The molecule has 8 nitrogen and oxygen atoms in total. The van der Waals surface area contributed by atoms with E-state index < -0.39 is 12.2 Å². The molecule has 1 heterocycles. The number of carbonyl (C=O) groups is 2. The quantitative estimate of drug-likeness (QED) is 0.702. The van der Waals surface area contributed by atoms with Crippen molar-refractivity contribution in [1.82, 2.24) is 10.2 Å². The number of ether oxygens (including phenoxy) is 2. The Kier molecular flexibility index (Phi) is 5.74. The summed E-state index contributed by atoms with van der Waals surface area (Å²) in [7, 11) is 2.91. The molecule has 0 aliphatic carbocycles. The fourth-order valence-electron chi connectivity index (χ4n) is 2.66. The molecule has 0 unspecified atom stereocenters. The molecule has 9 heteroatoms. The summed E-state index contributed by atoms with van der Waals surface area (Å²) in [6.45, 7) is 0.511. The number of nitrogen functional groups attached to an aromatic ring is 1. The van der Waals surface area contributed by atoms with E-state index in [-0.39, 0.29) is 29.7 Å². The van der Waals surface area contributed by atoms with Crippen LogP contribution >= 0.6 is 11.6 Å². The standard InChI is InChI=1S/C15H20ClN3O5/c1-23-12-6-9(16)10(17)5-8(12)14(20)18-11-3-4-19(15(21)22)7-13(11)24-2/h5-6,11,13H,3-4,7,17H2,1-2H3,(H,18,20)(H,21,22)/t11-,13+/m0/s1. The molecule has 0 radical (unpaired) electrons. The van der Waals surface area contributed by atoms with Gasteiger partial charge in [0, 0.05) is 19.7 Å². The summed E-state index contributed by atoms with van der Waals surface area (Å²) in [5.74, 6) is -0.0744. The number of nitrogens with one attached hydrogen (secondary N) is 1. The smallest absolute Gasteiger partial charge is 0.407 e. The van der Waals surface area contributed by atoms with Gasteiger partial charge in [0.2, 0.25) is 0 Å². The molecular formula is C15H20ClN3O5. The molecule has 1 fully saturated rings. The molecule has 0 saturated carbocycles. The van der Waals surface area contributed by atoms with Crippen molar-refractivity contribution in [3.63, 3.8) is 0 Å². The average molecular weight is 358 g/mol. The van der Waals surface area contributed by atoms with Crippen LogP contribution in [0.2, 0.25) is 5.02 Å². The normalized spacial score (nSPS) is 20.5. The molecule has 2 atom stereocenters. The van der Waals surface area contributed by atoms with Crippen molar-refractivity contribution < 1.29 is 24.2 Å². The van der Waals surface area contributed by atoms with Gasteiger partial charge in [-0.25, -0.2) is 4.79 Å². The molecule has 0 spiro atoms. The van der Waals surface area contributed by atoms with Gasteiger partial charge < -0.3 is 30.5 Å². The summed E-state index contributed by atoms with van der Waals surface area (Å²) < 4.78 is 10.5. The van der Waals surface area contributed by atoms with Crippen LogP contribution in [-0.2, 0) is 4.74 Å². The Morgan fingerprint density at radius 3 is 2.71 bits per heavy atom. The Labute approximate surface area is 144 Å². The predicted octanol–water partition coefficient (Wildman–Crippen LogP) is 1.43. The number of benzene rings is 1. The highest BCUT2D eigenvalue weighted by atomic mass is 35.5. The molecule has 2 rings (SSSR count). The first-order chi connectivity index (χ1) is 11.4. The summed E-state index contributed by atoms with van der Waals surface area (Å²) in [6, 6.07) is 2.61. The van der Waals surface area contributed by atoms with Crippen LogP contribution in [0.1, 0.15) is 16.8 Å². The summed E-state index contributed by atoms with van der Waals surface area (Å²) >= 11 is 5.93. The third kappa shape index (κ3) is 3.82. The second-order valence-electron chi connectivity index (χ2n) is 5.45. The first-order valence-electron chi connectivity index (χ1n) is 7.32. The third-order valence-corrected chi connectivity index (χ3v) is 4.34. The molecule has 0 bridgehead atoms. The number of anilines is 1. The molecule has 132 valence electrons. The summed E-state index contributed by atoms with van der Waals surface area (Å²) in [6.07, 6.45) is -0.995. The number of hydrogen-bond acceptors (Lipinski definition) is 5. The molecule has 0 aromatic heterocycles. The zero-order chi connectivity index (χ0) is 17.9. The van der Waals surface area contributed by atoms with E-state index in [9.17, 15) is 9.59 Å². The van der Waals surface area contributed by atoms with Crippen molar-refractivity contribution in [2.75, 3.05) is 33.0 Å². The van der Waals surface area contributed by atoms with Crippen molar-refractivity contribution in [3.05, 3.63) is 22.7 Å². The van der Waals surface area contributed by atoms with Gasteiger partial charge in [0.05, 0.1) is 42.1 Å². The number of hydrogen-bond donors (Lipinski definition) is 3. The number of nitrogens with two attached hydrogens (primary N) is 1. The van der Waals surface area contributed by atoms with Gasteiger partial charge >= 0.3 is 6.09 Å². The first-order valence-corrected chi connectivity index (χ1v) is 7.69. The minimum Gasteiger partial charge on any atom is -0.496 e. The molecule has 24 heavy (non-hydrogen) atoms. The molecule has 1 aliphatic rings. The average Bonchev–Trinajstić information content (AvgIpc) is 2.56. The van der Waals surface area contributed by atoms with Crippen LogP contribution in [0.4, 0.5) is 10.5 Å². The maximum absolute atomic E-state index is 12.6. The van der Waals surface area contributed by atoms with Crippen LogP contribution < -0.4 is 15.8 Å². The van der Waals surface area contributed by atoms with E-state index in [4.69, 9.17) is 31.9 Å². The fourth-order valence-corrected chi connectivity index (χ4v) is 2.81. The Morgan fingerprint density at radius 1 is 1.42 bits per heavy atom. The number of amides is 2. The van der Waals surface area contributed by atoms with Gasteiger partial charge in [-0.2, -0.15) is 0 Å². The number of halogens is 1. The van der Waals surface area contributed by atoms with Gasteiger partial charge in [-0.1, -0.05) is 11.6 Å². The largest absolute Gasteiger partial charge is 0.496 e. The topological polar surface area (TPSA) is 114 Å². The second kappa shape index (κ2) is 7.59. The Morgan fingerprint density at radius 2 is 2.12 bits per heavy atom. The predicted molar refractivity (Wildman–Crippen MR) is 88.7 cm³/mol. The molecular weight excluding hydrogens is 338 g/mol. The van der Waals surface area contributed by atoms with Crippen LogP contribution in [0.15, 0.2) is 12.1 Å². The van der Waals surface area contributed by atoms with E-state index in [1.165, 1.54) is 31.3 Å². The molecule has 1 saturated heterocycles. The molecule has 2 amide bonds. The summed E-state index contributed by atoms with van der Waals surface area (Å²) in [5, 5.41) is 12.2. The molecule has 4 N–H and O–H groups in total. The van der Waals surface area contributed by atoms with Crippen molar-refractivity contribution in [3.8, 4) is 5.75 Å². The van der Waals surface area contributed by atoms with Crippen LogP contribution in [0.25, 0.3) is 0 Å². The lowest BCUT2D eigenvalue weighted by Crippen LogP contribution is -2.55. The minimum absolute atomic E-state index is 0.191. The zero-order valence-corrected chi connectivity index (χ0v) is 14.2. The molecule has 1 aromatic carbocycles. The van der Waals surface area contributed by atoms with E-state index >= 15 is 0 Å². The van der Waals surface area contributed by atoms with Gasteiger partial charge in [-0.15, -0.1) is 0 Å². The van der Waals surface area contributed by atoms with Crippen LogP contribution in [0.5, 0.6) is 5.75 Å². The van der Waals surface area contributed by atoms with Crippen molar-refractivity contribution in [2.45, 2.75) is 18.6 Å². The van der Waals surface area contributed by atoms with Gasteiger partial charge in [0.25, 0.3) is 5.91 Å². The number of piperidine rings is 1. The van der Waals surface area contributed by atoms with E-state index in [1.807, 2.05) is 0 Å². The summed E-state index contributed by atoms with van der Waals surface area (Å²) in [5.41, 5.74) is 6.29. The lowest BCUT2D eigenvalue weighted by atomic mass is 10.0. The second-order valence-corrected chi connectivity index (χ2v) is 5.85. The highest BCUT2D eigenvalue weighted by Gasteiger charge is 2.33. The van der Waals surface area contributed by atoms with Crippen LogP contribution in [0, 0.1) is 0 Å². The lowest BCUT2D eigenvalue weighted by molar-refractivity contribution is 0.0101. The van der Waals surface area contributed by atoms with E-state index in [1.54, 1.807) is 0 Å². The fraction of sp³-hybridized carbons (Fsp3) is 0.467. The molecule has 1 aliphatic heterocycles. The maximum atomic E-state index is 12.6. The first kappa shape index (κ1) is 18.2. The maximum Gasteiger partial charge on any atom is 0.407 e. The Balaban J connectivity index is 2.14. The SMILES string of the molecule is COc1cc(Cl)c(N)cc1C(=O)N[C@H]1CCN(C(=O)O)C[C@H]1OC. The number of nitrogens with zero attached hydrogens (tertiary/aromatic N) is 1. The van der Waals surface area contributed by atoms with E-state index in [2.05, 4.69) is 5.32 Å². The van der Waals surface area contributed by atoms with Crippen molar-refractivity contribution in [1.29, 1.82) is 0 Å². The summed E-state index contributed by atoms with van der Waals surface area (Å²) in [4.78, 5) is 24.9. The number of rotatable bonds is 4. The Hall–Kier alpha value is -2.19. The number of carbonyl (C=O) groups excluding carboxylic acids is 1. The molecule has 1 aromatic rings. The van der Waals surface area contributed by atoms with Gasteiger partial charge in [-0.05, 0) is 12.5 Å². The third-order valence-electron chi connectivity index (χ3n) is 4.01. The van der Waals surface area contributed by atoms with Gasteiger partial charge in [-0.3, -0.25) is 4.79 Å². The minimum atomic E-state index is -1.01. The highest BCUT2D eigenvalue weighted by molar-refractivity contribution is 6.33. The van der Waals surface area contributed by atoms with E-state index in [0.29, 0.717) is 23.7 Å².